The van der Waals surface area contributed by atoms with Gasteiger partial charge in [0.15, 0.2) is 0 Å². The average Bonchev–Trinajstić information content (AvgIpc) is 2.60. The third kappa shape index (κ3) is 4.51. The Morgan fingerprint density at radius 2 is 1.92 bits per heavy atom. The minimum atomic E-state index is -0.243. The first kappa shape index (κ1) is 17.3. The van der Waals surface area contributed by atoms with Crippen molar-refractivity contribution in [1.29, 1.82) is 0 Å². The van der Waals surface area contributed by atoms with Crippen LogP contribution in [0.2, 0.25) is 0 Å². The van der Waals surface area contributed by atoms with Crippen LogP contribution in [0, 0.1) is 6.92 Å². The lowest BCUT2D eigenvalue weighted by molar-refractivity contribution is -0.00546. The molecule has 0 saturated carbocycles. The molecule has 1 aliphatic heterocycles. The van der Waals surface area contributed by atoms with Crippen molar-refractivity contribution in [3.8, 4) is 0 Å². The summed E-state index contributed by atoms with van der Waals surface area (Å²) in [7, 11) is 0. The number of anilines is 1. The predicted molar refractivity (Wildman–Crippen MR) is 94.4 cm³/mol. The van der Waals surface area contributed by atoms with Gasteiger partial charge in [-0.3, -0.25) is 9.78 Å². The van der Waals surface area contributed by atoms with Crippen LogP contribution in [0.15, 0.2) is 30.7 Å². The molecule has 0 radical (unpaired) electrons. The van der Waals surface area contributed by atoms with E-state index < -0.39 is 0 Å². The lowest BCUT2D eigenvalue weighted by Crippen LogP contribution is -2.45. The molecular weight excluding hydrogens is 318 g/mol. The molecule has 1 fully saturated rings. The van der Waals surface area contributed by atoms with Crippen LogP contribution in [0.4, 0.5) is 5.82 Å². The standard InChI is InChI=1S/C18H23N5O2/c1-12-6-20-16(9-19-12)18(24)22-8-15-4-5-17(21-7-15)23-10-13(2)25-14(3)11-23/h4-7,9,13-14H,8,10-11H2,1-3H3,(H,22,24)/t13-,14-/m0/s1. The van der Waals surface area contributed by atoms with Gasteiger partial charge < -0.3 is 15.0 Å². The number of amides is 1. The summed E-state index contributed by atoms with van der Waals surface area (Å²) in [5.41, 5.74) is 2.03. The number of aromatic nitrogens is 3. The Morgan fingerprint density at radius 3 is 2.52 bits per heavy atom. The summed E-state index contributed by atoms with van der Waals surface area (Å²) in [5, 5.41) is 2.83. The number of hydrogen-bond donors (Lipinski definition) is 1. The van der Waals surface area contributed by atoms with E-state index in [-0.39, 0.29) is 18.1 Å². The molecule has 0 spiro atoms. The highest BCUT2D eigenvalue weighted by molar-refractivity contribution is 5.91. The summed E-state index contributed by atoms with van der Waals surface area (Å²) in [5.74, 6) is 0.689. The third-order valence-electron chi connectivity index (χ3n) is 4.02. The fourth-order valence-corrected chi connectivity index (χ4v) is 2.86. The minimum Gasteiger partial charge on any atom is -0.372 e. The zero-order valence-electron chi connectivity index (χ0n) is 14.8. The second kappa shape index (κ2) is 7.57. The molecule has 1 saturated heterocycles. The van der Waals surface area contributed by atoms with Gasteiger partial charge in [-0.05, 0) is 32.4 Å². The van der Waals surface area contributed by atoms with Gasteiger partial charge in [-0.1, -0.05) is 6.07 Å². The number of morpholine rings is 1. The Morgan fingerprint density at radius 1 is 1.16 bits per heavy atom. The fourth-order valence-electron chi connectivity index (χ4n) is 2.86. The smallest absolute Gasteiger partial charge is 0.271 e. The number of carbonyl (C=O) groups excluding carboxylic acids is 1. The van der Waals surface area contributed by atoms with Crippen molar-refractivity contribution in [1.82, 2.24) is 20.3 Å². The Kier molecular flexibility index (Phi) is 5.23. The van der Waals surface area contributed by atoms with Crippen molar-refractivity contribution in [2.45, 2.75) is 39.5 Å². The molecule has 132 valence electrons. The predicted octanol–water partition coefficient (Wildman–Crippen LogP) is 1.72. The molecule has 3 heterocycles. The first-order valence-electron chi connectivity index (χ1n) is 8.43. The van der Waals surface area contributed by atoms with Gasteiger partial charge in [-0.15, -0.1) is 0 Å². The van der Waals surface area contributed by atoms with Crippen LogP contribution < -0.4 is 10.2 Å². The van der Waals surface area contributed by atoms with Crippen molar-refractivity contribution in [3.63, 3.8) is 0 Å². The van der Waals surface area contributed by atoms with Crippen molar-refractivity contribution in [3.05, 3.63) is 47.7 Å². The Bertz CT molecular complexity index is 707. The van der Waals surface area contributed by atoms with E-state index in [1.807, 2.05) is 19.1 Å². The highest BCUT2D eigenvalue weighted by Gasteiger charge is 2.22. The van der Waals surface area contributed by atoms with Crippen LogP contribution in [-0.4, -0.2) is 46.2 Å². The summed E-state index contributed by atoms with van der Waals surface area (Å²) >= 11 is 0. The summed E-state index contributed by atoms with van der Waals surface area (Å²) < 4.78 is 5.75. The second-order valence-electron chi connectivity index (χ2n) is 6.41. The second-order valence-corrected chi connectivity index (χ2v) is 6.41. The Hall–Kier alpha value is -2.54. The normalized spacial score (nSPS) is 20.4. The topological polar surface area (TPSA) is 80.2 Å². The van der Waals surface area contributed by atoms with E-state index in [2.05, 4.69) is 39.0 Å². The van der Waals surface area contributed by atoms with Crippen molar-refractivity contribution in [2.75, 3.05) is 18.0 Å². The van der Waals surface area contributed by atoms with Gasteiger partial charge in [-0.25, -0.2) is 9.97 Å². The summed E-state index contributed by atoms with van der Waals surface area (Å²) in [6.07, 6.45) is 5.24. The van der Waals surface area contributed by atoms with Crippen LogP contribution in [0.1, 0.15) is 35.6 Å². The van der Waals surface area contributed by atoms with Crippen LogP contribution in [0.5, 0.6) is 0 Å². The maximum absolute atomic E-state index is 12.1. The fraction of sp³-hybridized carbons (Fsp3) is 0.444. The van der Waals surface area contributed by atoms with Gasteiger partial charge >= 0.3 is 0 Å². The average molecular weight is 341 g/mol. The molecule has 25 heavy (non-hydrogen) atoms. The monoisotopic (exact) mass is 341 g/mol. The molecule has 1 N–H and O–H groups in total. The SMILES string of the molecule is Cc1cnc(C(=O)NCc2ccc(N3C[C@H](C)O[C@@H](C)C3)nc2)cn1. The molecule has 0 aliphatic carbocycles. The Labute approximate surface area is 147 Å². The number of hydrogen-bond acceptors (Lipinski definition) is 6. The molecule has 0 aromatic carbocycles. The Balaban J connectivity index is 1.57. The minimum absolute atomic E-state index is 0.195. The zero-order valence-corrected chi connectivity index (χ0v) is 14.8. The molecule has 2 atom stereocenters. The first-order valence-corrected chi connectivity index (χ1v) is 8.43. The molecule has 0 unspecified atom stereocenters. The lowest BCUT2D eigenvalue weighted by atomic mass is 10.2. The number of nitrogens with one attached hydrogen (secondary N) is 1. The van der Waals surface area contributed by atoms with Gasteiger partial charge in [0.1, 0.15) is 11.5 Å². The first-order chi connectivity index (χ1) is 12.0. The van der Waals surface area contributed by atoms with Crippen LogP contribution in [0.25, 0.3) is 0 Å². The van der Waals surface area contributed by atoms with Gasteiger partial charge in [0.25, 0.3) is 5.91 Å². The van der Waals surface area contributed by atoms with E-state index in [4.69, 9.17) is 4.74 Å². The number of pyridine rings is 1. The van der Waals surface area contributed by atoms with E-state index in [1.54, 1.807) is 12.4 Å². The molecule has 3 rings (SSSR count). The van der Waals surface area contributed by atoms with Crippen LogP contribution in [0.3, 0.4) is 0 Å². The molecule has 2 aromatic heterocycles. The van der Waals surface area contributed by atoms with Gasteiger partial charge in [0, 0.05) is 32.0 Å². The summed E-state index contributed by atoms with van der Waals surface area (Å²) in [4.78, 5) is 27.0. The quantitative estimate of drug-likeness (QED) is 0.912. The molecule has 7 nitrogen and oxygen atoms in total. The van der Waals surface area contributed by atoms with E-state index in [0.717, 1.165) is 30.2 Å². The number of nitrogens with zero attached hydrogens (tertiary/aromatic N) is 4. The summed E-state index contributed by atoms with van der Waals surface area (Å²) in [6, 6.07) is 3.96. The largest absolute Gasteiger partial charge is 0.372 e. The molecular formula is C18H23N5O2. The zero-order chi connectivity index (χ0) is 17.8. The number of ether oxygens (including phenoxy) is 1. The molecule has 0 bridgehead atoms. The van der Waals surface area contributed by atoms with Gasteiger partial charge in [-0.2, -0.15) is 0 Å². The van der Waals surface area contributed by atoms with Crippen molar-refractivity contribution in [2.24, 2.45) is 0 Å². The van der Waals surface area contributed by atoms with Crippen LogP contribution >= 0.6 is 0 Å². The lowest BCUT2D eigenvalue weighted by Gasteiger charge is -2.36. The maximum Gasteiger partial charge on any atom is 0.271 e. The molecule has 1 amide bonds. The highest BCUT2D eigenvalue weighted by atomic mass is 16.5. The van der Waals surface area contributed by atoms with E-state index in [0.29, 0.717) is 12.2 Å². The van der Waals surface area contributed by atoms with E-state index in [9.17, 15) is 4.79 Å². The summed E-state index contributed by atoms with van der Waals surface area (Å²) in [6.45, 7) is 8.04. The van der Waals surface area contributed by atoms with Crippen molar-refractivity contribution < 1.29 is 9.53 Å². The highest BCUT2D eigenvalue weighted by Crippen LogP contribution is 2.18. The molecule has 2 aromatic rings. The third-order valence-corrected chi connectivity index (χ3v) is 4.02. The van der Waals surface area contributed by atoms with Gasteiger partial charge in [0.2, 0.25) is 0 Å². The molecule has 1 aliphatic rings. The van der Waals surface area contributed by atoms with E-state index in [1.165, 1.54) is 6.20 Å². The maximum atomic E-state index is 12.1. The van der Waals surface area contributed by atoms with E-state index >= 15 is 0 Å². The van der Waals surface area contributed by atoms with Gasteiger partial charge in [0.05, 0.1) is 24.1 Å². The molecule has 7 heteroatoms. The number of carbonyl (C=O) groups is 1. The number of rotatable bonds is 4. The number of aryl methyl sites for hydroxylation is 1. The van der Waals surface area contributed by atoms with Crippen molar-refractivity contribution >= 4 is 11.7 Å². The van der Waals surface area contributed by atoms with Crippen LogP contribution in [-0.2, 0) is 11.3 Å².